The van der Waals surface area contributed by atoms with Crippen LogP contribution in [0.25, 0.3) is 0 Å². The summed E-state index contributed by atoms with van der Waals surface area (Å²) >= 11 is 0. The highest BCUT2D eigenvalue weighted by atomic mass is 32.2. The normalized spacial score (nSPS) is 16.6. The smallest absolute Gasteiger partial charge is 0.0542 e. The van der Waals surface area contributed by atoms with Crippen molar-refractivity contribution in [1.29, 1.82) is 0 Å². The van der Waals surface area contributed by atoms with E-state index in [2.05, 4.69) is 29.2 Å². The van der Waals surface area contributed by atoms with Gasteiger partial charge in [0.1, 0.15) is 0 Å². The summed E-state index contributed by atoms with van der Waals surface area (Å²) in [5.41, 5.74) is 2.89. The number of hydrogen-bond donors (Lipinski definition) is 0. The van der Waals surface area contributed by atoms with E-state index < -0.39 is 10.8 Å². The topological polar surface area (TPSA) is 20.3 Å². The van der Waals surface area contributed by atoms with Gasteiger partial charge >= 0.3 is 0 Å². The van der Waals surface area contributed by atoms with E-state index in [0.717, 1.165) is 31.0 Å². The SMILES string of the molecule is O=[S@](CCN1CCc2ccccc2C1)c1ccccc1. The van der Waals surface area contributed by atoms with Crippen LogP contribution in [0.15, 0.2) is 59.5 Å². The zero-order chi connectivity index (χ0) is 13.8. The molecular formula is C17H19NOS. The average Bonchev–Trinajstić information content (AvgIpc) is 2.53. The summed E-state index contributed by atoms with van der Waals surface area (Å²) < 4.78 is 12.2. The number of hydrogen-bond acceptors (Lipinski definition) is 2. The fourth-order valence-electron chi connectivity index (χ4n) is 2.65. The molecule has 1 aliphatic rings. The molecule has 0 saturated heterocycles. The van der Waals surface area contributed by atoms with Crippen LogP contribution in [0, 0.1) is 0 Å². The Balaban J connectivity index is 1.57. The Kier molecular flexibility index (Phi) is 4.28. The monoisotopic (exact) mass is 285 g/mol. The van der Waals surface area contributed by atoms with Gasteiger partial charge in [-0.2, -0.15) is 0 Å². The van der Waals surface area contributed by atoms with Crippen LogP contribution >= 0.6 is 0 Å². The lowest BCUT2D eigenvalue weighted by molar-refractivity contribution is 0.270. The molecule has 20 heavy (non-hydrogen) atoms. The minimum Gasteiger partial charge on any atom is -0.298 e. The Bertz CT molecular complexity index is 597. The van der Waals surface area contributed by atoms with Crippen LogP contribution in [-0.4, -0.2) is 28.0 Å². The summed E-state index contributed by atoms with van der Waals surface area (Å²) in [6, 6.07) is 18.4. The van der Waals surface area contributed by atoms with Gasteiger partial charge in [-0.3, -0.25) is 9.11 Å². The number of nitrogens with zero attached hydrogens (tertiary/aromatic N) is 1. The van der Waals surface area contributed by atoms with Crippen LogP contribution in [0.5, 0.6) is 0 Å². The Hall–Kier alpha value is -1.45. The predicted molar refractivity (Wildman–Crippen MR) is 83.1 cm³/mol. The number of rotatable bonds is 4. The molecule has 0 radical (unpaired) electrons. The van der Waals surface area contributed by atoms with Crippen LogP contribution in [-0.2, 0) is 23.8 Å². The van der Waals surface area contributed by atoms with E-state index in [1.54, 1.807) is 0 Å². The van der Waals surface area contributed by atoms with Crippen LogP contribution in [0.4, 0.5) is 0 Å². The first-order valence-electron chi connectivity index (χ1n) is 7.05. The van der Waals surface area contributed by atoms with Gasteiger partial charge in [0.15, 0.2) is 0 Å². The molecule has 1 aliphatic heterocycles. The van der Waals surface area contributed by atoms with Crippen molar-refractivity contribution in [2.24, 2.45) is 0 Å². The molecule has 0 aromatic heterocycles. The van der Waals surface area contributed by atoms with Crippen molar-refractivity contribution >= 4 is 10.8 Å². The summed E-state index contributed by atoms with van der Waals surface area (Å²) in [6.07, 6.45) is 1.11. The first-order chi connectivity index (χ1) is 9.83. The van der Waals surface area contributed by atoms with Gasteiger partial charge in [-0.1, -0.05) is 42.5 Å². The predicted octanol–water partition coefficient (Wildman–Crippen LogP) is 2.85. The zero-order valence-electron chi connectivity index (χ0n) is 11.5. The molecule has 2 aromatic carbocycles. The highest BCUT2D eigenvalue weighted by Crippen LogP contribution is 2.18. The number of benzene rings is 2. The molecule has 104 valence electrons. The molecule has 0 saturated carbocycles. The first kappa shape index (κ1) is 13.5. The quantitative estimate of drug-likeness (QED) is 0.861. The van der Waals surface area contributed by atoms with Gasteiger partial charge in [0.25, 0.3) is 0 Å². The lowest BCUT2D eigenvalue weighted by Gasteiger charge is -2.28. The Morgan fingerprint density at radius 1 is 0.950 bits per heavy atom. The van der Waals surface area contributed by atoms with Crippen LogP contribution in [0.3, 0.4) is 0 Å². The maximum absolute atomic E-state index is 12.2. The Morgan fingerprint density at radius 2 is 1.65 bits per heavy atom. The Morgan fingerprint density at radius 3 is 2.45 bits per heavy atom. The third-order valence-electron chi connectivity index (χ3n) is 3.81. The molecule has 0 spiro atoms. The maximum Gasteiger partial charge on any atom is 0.0542 e. The molecule has 1 atom stereocenters. The van der Waals surface area contributed by atoms with Gasteiger partial charge in [0, 0.05) is 30.3 Å². The third kappa shape index (κ3) is 3.17. The molecular weight excluding hydrogens is 266 g/mol. The second-order valence-electron chi connectivity index (χ2n) is 5.16. The van der Waals surface area contributed by atoms with E-state index >= 15 is 0 Å². The van der Waals surface area contributed by atoms with Gasteiger partial charge in [-0.25, -0.2) is 0 Å². The highest BCUT2D eigenvalue weighted by Gasteiger charge is 2.16. The van der Waals surface area contributed by atoms with Crippen molar-refractivity contribution < 1.29 is 4.21 Å². The molecule has 0 unspecified atom stereocenters. The summed E-state index contributed by atoms with van der Waals surface area (Å²) in [5.74, 6) is 0.714. The number of fused-ring (bicyclic) bond motifs is 1. The molecule has 0 bridgehead atoms. The van der Waals surface area contributed by atoms with Gasteiger partial charge in [-0.15, -0.1) is 0 Å². The molecule has 1 heterocycles. The molecule has 2 nitrogen and oxygen atoms in total. The largest absolute Gasteiger partial charge is 0.298 e. The van der Waals surface area contributed by atoms with Gasteiger partial charge in [-0.05, 0) is 29.7 Å². The van der Waals surface area contributed by atoms with E-state index in [4.69, 9.17) is 0 Å². The average molecular weight is 285 g/mol. The van der Waals surface area contributed by atoms with Crippen molar-refractivity contribution in [2.75, 3.05) is 18.8 Å². The summed E-state index contributed by atoms with van der Waals surface area (Å²) in [6.45, 7) is 2.96. The summed E-state index contributed by atoms with van der Waals surface area (Å²) in [7, 11) is -0.885. The minimum absolute atomic E-state index is 0.714. The van der Waals surface area contributed by atoms with Gasteiger partial charge in [0.2, 0.25) is 0 Å². The lowest BCUT2D eigenvalue weighted by atomic mass is 10.0. The fraction of sp³-hybridized carbons (Fsp3) is 0.294. The van der Waals surface area contributed by atoms with E-state index in [1.165, 1.54) is 11.1 Å². The highest BCUT2D eigenvalue weighted by molar-refractivity contribution is 7.85. The van der Waals surface area contributed by atoms with E-state index in [0.29, 0.717) is 5.75 Å². The Labute approximate surface area is 122 Å². The van der Waals surface area contributed by atoms with E-state index in [-0.39, 0.29) is 0 Å². The van der Waals surface area contributed by atoms with E-state index in [1.807, 2.05) is 30.3 Å². The zero-order valence-corrected chi connectivity index (χ0v) is 12.3. The van der Waals surface area contributed by atoms with Crippen molar-refractivity contribution in [3.05, 3.63) is 65.7 Å². The second-order valence-corrected chi connectivity index (χ2v) is 6.73. The standard InChI is InChI=1S/C17H19NOS/c19-20(17-8-2-1-3-9-17)13-12-18-11-10-15-6-4-5-7-16(15)14-18/h1-9H,10-14H2/t20-/m1/s1. The minimum atomic E-state index is -0.885. The first-order valence-corrected chi connectivity index (χ1v) is 8.37. The van der Waals surface area contributed by atoms with Gasteiger partial charge in [0.05, 0.1) is 10.8 Å². The lowest BCUT2D eigenvalue weighted by Crippen LogP contribution is -2.33. The maximum atomic E-state index is 12.2. The molecule has 2 aromatic rings. The fourth-order valence-corrected chi connectivity index (χ4v) is 3.77. The van der Waals surface area contributed by atoms with Crippen molar-refractivity contribution in [3.63, 3.8) is 0 Å². The van der Waals surface area contributed by atoms with E-state index in [9.17, 15) is 4.21 Å². The third-order valence-corrected chi connectivity index (χ3v) is 5.16. The van der Waals surface area contributed by atoms with Crippen LogP contribution in [0.2, 0.25) is 0 Å². The van der Waals surface area contributed by atoms with Crippen molar-refractivity contribution in [3.8, 4) is 0 Å². The van der Waals surface area contributed by atoms with Crippen LogP contribution < -0.4 is 0 Å². The molecule has 0 aliphatic carbocycles. The van der Waals surface area contributed by atoms with Gasteiger partial charge < -0.3 is 0 Å². The molecule has 0 fully saturated rings. The molecule has 0 amide bonds. The van der Waals surface area contributed by atoms with Crippen molar-refractivity contribution in [2.45, 2.75) is 17.9 Å². The summed E-state index contributed by atoms with van der Waals surface area (Å²) in [5, 5.41) is 0. The second kappa shape index (κ2) is 6.33. The molecule has 0 N–H and O–H groups in total. The molecule has 3 heteroatoms. The van der Waals surface area contributed by atoms with Crippen LogP contribution in [0.1, 0.15) is 11.1 Å². The molecule has 3 rings (SSSR count). The van der Waals surface area contributed by atoms with Crippen molar-refractivity contribution in [1.82, 2.24) is 4.90 Å². The summed E-state index contributed by atoms with van der Waals surface area (Å²) in [4.78, 5) is 3.34.